The molecule has 0 radical (unpaired) electrons. The van der Waals surface area contributed by atoms with E-state index in [0.717, 1.165) is 27.0 Å². The summed E-state index contributed by atoms with van der Waals surface area (Å²) >= 11 is 15.7. The van der Waals surface area contributed by atoms with Gasteiger partial charge in [0.1, 0.15) is 6.04 Å². The molecule has 192 valence electrons. The Kier molecular flexibility index (Phi) is 11.3. The first-order valence-electron chi connectivity index (χ1n) is 11.2. The van der Waals surface area contributed by atoms with E-state index in [4.69, 9.17) is 23.2 Å². The fourth-order valence-electron chi connectivity index (χ4n) is 3.42. The quantitative estimate of drug-likeness (QED) is 0.358. The third-order valence-corrected chi connectivity index (χ3v) is 7.58. The van der Waals surface area contributed by atoms with Crippen LogP contribution in [0.5, 0.6) is 0 Å². The van der Waals surface area contributed by atoms with Crippen molar-refractivity contribution in [2.24, 2.45) is 0 Å². The van der Waals surface area contributed by atoms with Crippen LogP contribution in [0.1, 0.15) is 38.7 Å². The van der Waals surface area contributed by atoms with Gasteiger partial charge in [-0.15, -0.1) is 0 Å². The molecule has 1 atom stereocenters. The summed E-state index contributed by atoms with van der Waals surface area (Å²) < 4.78 is 26.9. The van der Waals surface area contributed by atoms with Gasteiger partial charge in [-0.05, 0) is 55.7 Å². The number of sulfonamides is 1. The molecule has 0 aliphatic heterocycles. The molecule has 0 saturated carbocycles. The Morgan fingerprint density at radius 3 is 2.37 bits per heavy atom. The second-order valence-corrected chi connectivity index (χ2v) is 11.8. The highest BCUT2D eigenvalue weighted by Crippen LogP contribution is 2.31. The van der Waals surface area contributed by atoms with Crippen LogP contribution < -0.4 is 9.62 Å². The van der Waals surface area contributed by atoms with Gasteiger partial charge in [0.25, 0.3) is 0 Å². The number of nitrogens with one attached hydrogen (secondary N) is 1. The van der Waals surface area contributed by atoms with Crippen LogP contribution in [0.4, 0.5) is 5.69 Å². The molecule has 2 rings (SSSR count). The Bertz CT molecular complexity index is 1130. The lowest BCUT2D eigenvalue weighted by molar-refractivity contribution is -0.140. The molecule has 0 spiro atoms. The van der Waals surface area contributed by atoms with Crippen LogP contribution in [0.15, 0.2) is 46.9 Å². The number of anilines is 1. The molecule has 2 aromatic carbocycles. The second kappa shape index (κ2) is 13.5. The Morgan fingerprint density at radius 2 is 1.77 bits per heavy atom. The van der Waals surface area contributed by atoms with Crippen molar-refractivity contribution in [3.05, 3.63) is 62.5 Å². The van der Waals surface area contributed by atoms with Crippen LogP contribution in [0, 0.1) is 0 Å². The Hall–Kier alpha value is -1.81. The number of carbonyl (C=O) groups excluding carboxylic acids is 2. The summed E-state index contributed by atoms with van der Waals surface area (Å²) in [5, 5.41) is 3.42. The summed E-state index contributed by atoms with van der Waals surface area (Å²) in [6.45, 7) is 4.45. The second-order valence-electron chi connectivity index (χ2n) is 8.15. The molecule has 1 N–H and O–H groups in total. The molecule has 7 nitrogen and oxygen atoms in total. The fourth-order valence-corrected chi connectivity index (χ4v) is 5.09. The molecule has 0 saturated heterocycles. The Balaban J connectivity index is 2.18. The van der Waals surface area contributed by atoms with Crippen molar-refractivity contribution in [2.75, 3.05) is 23.7 Å². The first-order chi connectivity index (χ1) is 16.4. The van der Waals surface area contributed by atoms with E-state index in [1.54, 1.807) is 13.0 Å². The standard InChI is InChI=1S/C24H30BrCl2N3O4S/c1-4-13-28-24(32)17(2)29(16-18-7-9-19(25)10-8-18)23(31)6-5-14-30(35(3,33)34)22-15-20(26)11-12-21(22)27/h7-12,15,17H,4-6,13-14,16H2,1-3H3,(H,28,32)/t17-/m1/s1. The Labute approximate surface area is 225 Å². The van der Waals surface area contributed by atoms with Crippen molar-refractivity contribution in [2.45, 2.75) is 45.7 Å². The fraction of sp³-hybridized carbons (Fsp3) is 0.417. The molecule has 35 heavy (non-hydrogen) atoms. The minimum Gasteiger partial charge on any atom is -0.354 e. The highest BCUT2D eigenvalue weighted by atomic mass is 79.9. The molecule has 0 bridgehead atoms. The summed E-state index contributed by atoms with van der Waals surface area (Å²) in [4.78, 5) is 27.4. The predicted octanol–water partition coefficient (Wildman–Crippen LogP) is 5.25. The largest absolute Gasteiger partial charge is 0.354 e. The SMILES string of the molecule is CCCNC(=O)[C@@H](C)N(Cc1ccc(Br)cc1)C(=O)CCCN(c1cc(Cl)ccc1Cl)S(C)(=O)=O. The van der Waals surface area contributed by atoms with E-state index in [0.29, 0.717) is 11.6 Å². The van der Waals surface area contributed by atoms with E-state index in [-0.39, 0.29) is 48.5 Å². The third-order valence-electron chi connectivity index (χ3n) is 5.31. The van der Waals surface area contributed by atoms with Crippen molar-refractivity contribution in [3.63, 3.8) is 0 Å². The molecule has 0 aliphatic carbocycles. The molecule has 0 heterocycles. The first kappa shape index (κ1) is 29.4. The van der Waals surface area contributed by atoms with E-state index in [9.17, 15) is 18.0 Å². The van der Waals surface area contributed by atoms with Crippen molar-refractivity contribution in [1.29, 1.82) is 0 Å². The molecule has 0 aliphatic rings. The van der Waals surface area contributed by atoms with Gasteiger partial charge in [0.2, 0.25) is 21.8 Å². The van der Waals surface area contributed by atoms with Crippen LogP contribution >= 0.6 is 39.1 Å². The van der Waals surface area contributed by atoms with Gasteiger partial charge < -0.3 is 10.2 Å². The van der Waals surface area contributed by atoms with Gasteiger partial charge in [-0.2, -0.15) is 0 Å². The van der Waals surface area contributed by atoms with Gasteiger partial charge in [0.15, 0.2) is 0 Å². The highest BCUT2D eigenvalue weighted by molar-refractivity contribution is 9.10. The maximum atomic E-state index is 13.2. The lowest BCUT2D eigenvalue weighted by Gasteiger charge is -2.29. The normalized spacial score (nSPS) is 12.2. The van der Waals surface area contributed by atoms with Crippen LogP contribution in [0.3, 0.4) is 0 Å². The zero-order chi connectivity index (χ0) is 26.2. The van der Waals surface area contributed by atoms with Gasteiger partial charge in [-0.25, -0.2) is 8.42 Å². The van der Waals surface area contributed by atoms with Gasteiger partial charge in [-0.1, -0.05) is 58.2 Å². The van der Waals surface area contributed by atoms with E-state index in [1.807, 2.05) is 31.2 Å². The van der Waals surface area contributed by atoms with Crippen molar-refractivity contribution < 1.29 is 18.0 Å². The predicted molar refractivity (Wildman–Crippen MR) is 145 cm³/mol. The zero-order valence-electron chi connectivity index (χ0n) is 19.9. The number of carbonyl (C=O) groups is 2. The highest BCUT2D eigenvalue weighted by Gasteiger charge is 2.27. The maximum absolute atomic E-state index is 13.2. The smallest absolute Gasteiger partial charge is 0.242 e. The zero-order valence-corrected chi connectivity index (χ0v) is 23.8. The average molecular weight is 607 g/mol. The lowest BCUT2D eigenvalue weighted by atomic mass is 10.1. The monoisotopic (exact) mass is 605 g/mol. The summed E-state index contributed by atoms with van der Waals surface area (Å²) in [6.07, 6.45) is 2.14. The molecule has 0 aromatic heterocycles. The molecule has 2 aromatic rings. The molecule has 11 heteroatoms. The number of nitrogens with zero attached hydrogens (tertiary/aromatic N) is 2. The first-order valence-corrected chi connectivity index (χ1v) is 14.6. The Morgan fingerprint density at radius 1 is 1.11 bits per heavy atom. The number of hydrogen-bond donors (Lipinski definition) is 1. The number of hydrogen-bond acceptors (Lipinski definition) is 4. The third kappa shape index (κ3) is 8.97. The van der Waals surface area contributed by atoms with Gasteiger partial charge in [0, 0.05) is 35.6 Å². The number of benzene rings is 2. The summed E-state index contributed by atoms with van der Waals surface area (Å²) in [6, 6.07) is 11.4. The van der Waals surface area contributed by atoms with Gasteiger partial charge in [0.05, 0.1) is 17.0 Å². The maximum Gasteiger partial charge on any atom is 0.242 e. The number of amides is 2. The van der Waals surface area contributed by atoms with E-state index in [1.165, 1.54) is 17.0 Å². The molecule has 0 fully saturated rings. The average Bonchev–Trinajstić information content (AvgIpc) is 2.80. The van der Waals surface area contributed by atoms with Crippen LogP contribution in [0.2, 0.25) is 10.0 Å². The van der Waals surface area contributed by atoms with E-state index in [2.05, 4.69) is 21.2 Å². The minimum atomic E-state index is -3.67. The summed E-state index contributed by atoms with van der Waals surface area (Å²) in [5.74, 6) is -0.488. The van der Waals surface area contributed by atoms with E-state index < -0.39 is 16.1 Å². The molecular weight excluding hydrogens is 577 g/mol. The molecule has 2 amide bonds. The number of rotatable bonds is 12. The number of halogens is 3. The van der Waals surface area contributed by atoms with Crippen LogP contribution in [-0.4, -0.2) is 50.5 Å². The van der Waals surface area contributed by atoms with Crippen LogP contribution in [-0.2, 0) is 26.2 Å². The lowest BCUT2D eigenvalue weighted by Crippen LogP contribution is -2.47. The summed E-state index contributed by atoms with van der Waals surface area (Å²) in [5.41, 5.74) is 1.13. The summed E-state index contributed by atoms with van der Waals surface area (Å²) in [7, 11) is -3.67. The van der Waals surface area contributed by atoms with Gasteiger partial charge in [-0.3, -0.25) is 13.9 Å². The van der Waals surface area contributed by atoms with Crippen molar-refractivity contribution in [3.8, 4) is 0 Å². The molecule has 0 unspecified atom stereocenters. The van der Waals surface area contributed by atoms with Crippen molar-refractivity contribution in [1.82, 2.24) is 10.2 Å². The molecular formula is C24H30BrCl2N3O4S. The van der Waals surface area contributed by atoms with Gasteiger partial charge >= 0.3 is 0 Å². The minimum absolute atomic E-state index is 0.0349. The van der Waals surface area contributed by atoms with Crippen molar-refractivity contribution >= 4 is 66.7 Å². The van der Waals surface area contributed by atoms with Crippen LogP contribution in [0.25, 0.3) is 0 Å². The van der Waals surface area contributed by atoms with E-state index >= 15 is 0 Å². The topological polar surface area (TPSA) is 86.8 Å².